The van der Waals surface area contributed by atoms with Crippen molar-refractivity contribution >= 4 is 27.5 Å². The molecule has 0 radical (unpaired) electrons. The number of nitrogens with zero attached hydrogens (tertiary/aromatic N) is 2. The van der Waals surface area contributed by atoms with E-state index in [0.29, 0.717) is 12.5 Å². The summed E-state index contributed by atoms with van der Waals surface area (Å²) in [5, 5.41) is 1.17. The molecule has 138 valence electrons. The van der Waals surface area contributed by atoms with Crippen molar-refractivity contribution in [2.24, 2.45) is 5.92 Å². The third-order valence-corrected chi connectivity index (χ3v) is 6.82. The van der Waals surface area contributed by atoms with Crippen LogP contribution in [0, 0.1) is 5.92 Å². The Morgan fingerprint density at radius 1 is 1.15 bits per heavy atom. The topological polar surface area (TPSA) is 42.4 Å². The van der Waals surface area contributed by atoms with Crippen molar-refractivity contribution in [1.29, 1.82) is 0 Å². The van der Waals surface area contributed by atoms with Gasteiger partial charge < -0.3 is 9.64 Å². The van der Waals surface area contributed by atoms with E-state index >= 15 is 0 Å². The third-order valence-electron chi connectivity index (χ3n) is 5.62. The lowest BCUT2D eigenvalue weighted by atomic mass is 9.93. The average molecular weight is 378 g/mol. The number of likely N-dealkylation sites (tertiary alicyclic amines) is 1. The summed E-state index contributed by atoms with van der Waals surface area (Å²) in [6.07, 6.45) is 2.92. The van der Waals surface area contributed by atoms with Gasteiger partial charge in [0.05, 0.1) is 21.1 Å². The van der Waals surface area contributed by atoms with E-state index in [4.69, 9.17) is 9.72 Å². The van der Waals surface area contributed by atoms with E-state index in [1.165, 1.54) is 9.71 Å². The quantitative estimate of drug-likeness (QED) is 0.669. The highest BCUT2D eigenvalue weighted by Gasteiger charge is 2.33. The van der Waals surface area contributed by atoms with E-state index in [1.807, 2.05) is 29.2 Å². The number of piperidine rings is 1. The monoisotopic (exact) mass is 378 g/mol. The molecule has 2 atom stereocenters. The summed E-state index contributed by atoms with van der Waals surface area (Å²) in [7, 11) is 0. The first-order chi connectivity index (χ1) is 13.3. The van der Waals surface area contributed by atoms with Crippen LogP contribution in [0.5, 0.6) is 5.75 Å². The van der Waals surface area contributed by atoms with Crippen LogP contribution in [0.15, 0.2) is 48.5 Å². The van der Waals surface area contributed by atoms with Crippen LogP contribution < -0.4 is 4.74 Å². The molecule has 3 aromatic rings. The second kappa shape index (κ2) is 6.97. The van der Waals surface area contributed by atoms with Gasteiger partial charge in [0.25, 0.3) is 0 Å². The summed E-state index contributed by atoms with van der Waals surface area (Å²) in [5.74, 6) is 1.42. The number of rotatable bonds is 2. The van der Waals surface area contributed by atoms with E-state index in [0.717, 1.165) is 49.2 Å². The number of ether oxygens (including phenoxy) is 1. The molecule has 1 saturated heterocycles. The molecule has 1 fully saturated rings. The molecule has 5 heteroatoms. The minimum absolute atomic E-state index is 0.0750. The van der Waals surface area contributed by atoms with Crippen LogP contribution in [0.25, 0.3) is 10.2 Å². The SMILES string of the molecule is O=C([C@@H]1COc2ccccc2C1)N1CCC[C@@H](c2nc3ccccc3s2)C1. The molecule has 0 bridgehead atoms. The molecule has 0 aliphatic carbocycles. The van der Waals surface area contributed by atoms with Crippen molar-refractivity contribution in [3.63, 3.8) is 0 Å². The van der Waals surface area contributed by atoms with Crippen molar-refractivity contribution in [1.82, 2.24) is 9.88 Å². The summed E-state index contributed by atoms with van der Waals surface area (Å²) in [4.78, 5) is 20.0. The number of aromatic nitrogens is 1. The molecule has 2 aliphatic heterocycles. The van der Waals surface area contributed by atoms with E-state index in [1.54, 1.807) is 11.3 Å². The van der Waals surface area contributed by atoms with Crippen LogP contribution in [-0.2, 0) is 11.2 Å². The zero-order valence-electron chi connectivity index (χ0n) is 15.1. The van der Waals surface area contributed by atoms with E-state index in [9.17, 15) is 4.79 Å². The maximum atomic E-state index is 13.1. The maximum Gasteiger partial charge on any atom is 0.229 e. The number of hydrogen-bond donors (Lipinski definition) is 0. The molecule has 27 heavy (non-hydrogen) atoms. The fraction of sp³-hybridized carbons (Fsp3) is 0.364. The largest absolute Gasteiger partial charge is 0.492 e. The molecule has 1 amide bonds. The first-order valence-electron chi connectivity index (χ1n) is 9.63. The Labute approximate surface area is 162 Å². The van der Waals surface area contributed by atoms with Gasteiger partial charge >= 0.3 is 0 Å². The molecular weight excluding hydrogens is 356 g/mol. The van der Waals surface area contributed by atoms with E-state index < -0.39 is 0 Å². The van der Waals surface area contributed by atoms with Crippen molar-refractivity contribution in [2.45, 2.75) is 25.2 Å². The van der Waals surface area contributed by atoms with E-state index in [2.05, 4.69) is 24.3 Å². The Hall–Kier alpha value is -2.40. The Morgan fingerprint density at radius 3 is 2.93 bits per heavy atom. The molecule has 4 nitrogen and oxygen atoms in total. The number of amides is 1. The summed E-state index contributed by atoms with van der Waals surface area (Å²) in [6.45, 7) is 2.10. The number of hydrogen-bond acceptors (Lipinski definition) is 4. The van der Waals surface area contributed by atoms with Gasteiger partial charge in [0.15, 0.2) is 0 Å². The first kappa shape index (κ1) is 16.8. The second-order valence-electron chi connectivity index (χ2n) is 7.46. The molecule has 3 heterocycles. The molecule has 5 rings (SSSR count). The fourth-order valence-electron chi connectivity index (χ4n) is 4.19. The van der Waals surface area contributed by atoms with Gasteiger partial charge in [0.1, 0.15) is 12.4 Å². The highest BCUT2D eigenvalue weighted by atomic mass is 32.1. The minimum Gasteiger partial charge on any atom is -0.492 e. The standard InChI is InChI=1S/C22H22N2O2S/c25-22(17-12-15-6-1-3-9-19(15)26-14-17)24-11-5-7-16(13-24)21-23-18-8-2-4-10-20(18)27-21/h1-4,6,8-10,16-17H,5,7,11-14H2/t16-,17+/m1/s1. The molecule has 2 aliphatic rings. The van der Waals surface area contributed by atoms with Gasteiger partial charge in [-0.25, -0.2) is 4.98 Å². The fourth-order valence-corrected chi connectivity index (χ4v) is 5.28. The number of carbonyl (C=O) groups excluding carboxylic acids is 1. The van der Waals surface area contributed by atoms with Gasteiger partial charge in [-0.15, -0.1) is 11.3 Å². The zero-order chi connectivity index (χ0) is 18.2. The van der Waals surface area contributed by atoms with Crippen LogP contribution in [0.4, 0.5) is 0 Å². The average Bonchev–Trinajstić information content (AvgIpc) is 3.17. The van der Waals surface area contributed by atoms with Gasteiger partial charge in [-0.05, 0) is 43.0 Å². The van der Waals surface area contributed by atoms with Gasteiger partial charge in [0, 0.05) is 19.0 Å². The van der Waals surface area contributed by atoms with Crippen LogP contribution in [0.3, 0.4) is 0 Å². The van der Waals surface area contributed by atoms with Crippen LogP contribution in [0.2, 0.25) is 0 Å². The molecule has 0 saturated carbocycles. The Balaban J connectivity index is 1.31. The lowest BCUT2D eigenvalue weighted by Crippen LogP contribution is -2.45. The summed E-state index contributed by atoms with van der Waals surface area (Å²) in [6, 6.07) is 16.3. The molecule has 0 spiro atoms. The lowest BCUT2D eigenvalue weighted by Gasteiger charge is -2.35. The smallest absolute Gasteiger partial charge is 0.229 e. The Kier molecular flexibility index (Phi) is 4.32. The molecule has 2 aromatic carbocycles. The van der Waals surface area contributed by atoms with Gasteiger partial charge in [-0.3, -0.25) is 4.79 Å². The van der Waals surface area contributed by atoms with E-state index in [-0.39, 0.29) is 11.8 Å². The summed E-state index contributed by atoms with van der Waals surface area (Å²) >= 11 is 1.77. The minimum atomic E-state index is -0.0750. The lowest BCUT2D eigenvalue weighted by molar-refractivity contribution is -0.138. The summed E-state index contributed by atoms with van der Waals surface area (Å²) in [5.41, 5.74) is 2.21. The molecular formula is C22H22N2O2S. The third kappa shape index (κ3) is 3.21. The zero-order valence-corrected chi connectivity index (χ0v) is 16.0. The number of carbonyl (C=O) groups is 1. The first-order valence-corrected chi connectivity index (χ1v) is 10.4. The van der Waals surface area contributed by atoms with Crippen molar-refractivity contribution in [2.75, 3.05) is 19.7 Å². The van der Waals surface area contributed by atoms with Gasteiger partial charge in [-0.2, -0.15) is 0 Å². The maximum absolute atomic E-state index is 13.1. The predicted octanol–water partition coefficient (Wildman–Crippen LogP) is 4.25. The van der Waals surface area contributed by atoms with Gasteiger partial charge in [0.2, 0.25) is 5.91 Å². The number of benzene rings is 2. The summed E-state index contributed by atoms with van der Waals surface area (Å²) < 4.78 is 7.07. The number of thiazole rings is 1. The molecule has 0 N–H and O–H groups in total. The molecule has 1 aromatic heterocycles. The molecule has 0 unspecified atom stereocenters. The highest BCUT2D eigenvalue weighted by Crippen LogP contribution is 2.34. The second-order valence-corrected chi connectivity index (χ2v) is 8.53. The normalized spacial score (nSPS) is 22.3. The van der Waals surface area contributed by atoms with Crippen molar-refractivity contribution in [3.8, 4) is 5.75 Å². The van der Waals surface area contributed by atoms with Gasteiger partial charge in [-0.1, -0.05) is 30.3 Å². The Bertz CT molecular complexity index is 950. The number of fused-ring (bicyclic) bond motifs is 2. The van der Waals surface area contributed by atoms with Crippen LogP contribution >= 0.6 is 11.3 Å². The van der Waals surface area contributed by atoms with Crippen molar-refractivity contribution < 1.29 is 9.53 Å². The van der Waals surface area contributed by atoms with Crippen LogP contribution in [0.1, 0.15) is 29.3 Å². The van der Waals surface area contributed by atoms with Crippen LogP contribution in [-0.4, -0.2) is 35.5 Å². The number of para-hydroxylation sites is 2. The Morgan fingerprint density at radius 2 is 2.00 bits per heavy atom. The van der Waals surface area contributed by atoms with Crippen molar-refractivity contribution in [3.05, 3.63) is 59.1 Å². The predicted molar refractivity (Wildman–Crippen MR) is 107 cm³/mol. The highest BCUT2D eigenvalue weighted by molar-refractivity contribution is 7.18.